The van der Waals surface area contributed by atoms with Crippen LogP contribution in [-0.4, -0.2) is 62.7 Å². The summed E-state index contributed by atoms with van der Waals surface area (Å²) < 4.78 is 16.6. The second-order valence-electron chi connectivity index (χ2n) is 6.20. The number of furan rings is 1. The quantitative estimate of drug-likeness (QED) is 0.408. The first-order chi connectivity index (χ1) is 13.2. The molecule has 0 unspecified atom stereocenters. The summed E-state index contributed by atoms with van der Waals surface area (Å²) in [6.45, 7) is 8.04. The van der Waals surface area contributed by atoms with Gasteiger partial charge in [-0.2, -0.15) is 15.1 Å². The van der Waals surface area contributed by atoms with Gasteiger partial charge in [0.05, 0.1) is 25.1 Å². The number of nitrogens with one attached hydrogen (secondary N) is 2. The van der Waals surface area contributed by atoms with Crippen LogP contribution in [0.2, 0.25) is 0 Å². The number of aryl methyl sites for hydroxylation is 2. The van der Waals surface area contributed by atoms with Crippen molar-refractivity contribution in [1.29, 1.82) is 0 Å². The Morgan fingerprint density at radius 2 is 2.07 bits per heavy atom. The molecule has 1 fully saturated rings. The maximum atomic E-state index is 5.66. The molecule has 1 saturated heterocycles. The maximum absolute atomic E-state index is 5.66. The van der Waals surface area contributed by atoms with Crippen LogP contribution >= 0.6 is 0 Å². The first-order valence-corrected chi connectivity index (χ1v) is 9.01. The topological polar surface area (TPSA) is 97.0 Å². The molecule has 146 valence electrons. The Morgan fingerprint density at radius 3 is 2.78 bits per heavy atom. The van der Waals surface area contributed by atoms with Crippen molar-refractivity contribution in [3.8, 4) is 6.01 Å². The van der Waals surface area contributed by atoms with E-state index in [9.17, 15) is 0 Å². The second-order valence-corrected chi connectivity index (χ2v) is 6.20. The van der Waals surface area contributed by atoms with Gasteiger partial charge in [-0.3, -0.25) is 0 Å². The van der Waals surface area contributed by atoms with Crippen LogP contribution in [0.5, 0.6) is 6.01 Å². The van der Waals surface area contributed by atoms with Crippen molar-refractivity contribution in [2.45, 2.75) is 13.8 Å². The Morgan fingerprint density at radius 1 is 1.26 bits per heavy atom. The summed E-state index contributed by atoms with van der Waals surface area (Å²) in [5.41, 5.74) is 4.61. The van der Waals surface area contributed by atoms with Gasteiger partial charge in [-0.1, -0.05) is 0 Å². The summed E-state index contributed by atoms with van der Waals surface area (Å²) in [6, 6.07) is 4.12. The molecule has 0 saturated carbocycles. The van der Waals surface area contributed by atoms with E-state index in [4.69, 9.17) is 13.9 Å². The average Bonchev–Trinajstić information content (AvgIpc) is 3.00. The highest BCUT2D eigenvalue weighted by molar-refractivity contribution is 5.79. The number of likely N-dealkylation sites (N-methyl/N-ethyl adjacent to an activating group) is 1. The van der Waals surface area contributed by atoms with Crippen LogP contribution in [0.15, 0.2) is 21.7 Å². The number of hydrazone groups is 1. The van der Waals surface area contributed by atoms with Crippen LogP contribution in [0.3, 0.4) is 0 Å². The molecule has 2 aromatic heterocycles. The molecule has 3 rings (SSSR count). The Bertz CT molecular complexity index is 751. The van der Waals surface area contributed by atoms with Crippen LogP contribution in [0, 0.1) is 13.8 Å². The zero-order valence-corrected chi connectivity index (χ0v) is 16.0. The molecule has 2 aromatic rings. The van der Waals surface area contributed by atoms with Crippen LogP contribution < -0.4 is 20.4 Å². The van der Waals surface area contributed by atoms with E-state index in [1.807, 2.05) is 33.0 Å². The van der Waals surface area contributed by atoms with E-state index in [1.165, 1.54) is 0 Å². The van der Waals surface area contributed by atoms with Gasteiger partial charge in [-0.15, -0.1) is 0 Å². The van der Waals surface area contributed by atoms with Gasteiger partial charge in [-0.25, -0.2) is 5.43 Å². The summed E-state index contributed by atoms with van der Waals surface area (Å²) in [6.07, 6.45) is 1.63. The van der Waals surface area contributed by atoms with Crippen LogP contribution in [-0.2, 0) is 4.74 Å². The number of hydrogen-bond donors (Lipinski definition) is 2. The molecule has 9 heteroatoms. The number of hydrogen-bond acceptors (Lipinski definition) is 9. The summed E-state index contributed by atoms with van der Waals surface area (Å²) in [5.74, 6) is 2.26. The predicted molar refractivity (Wildman–Crippen MR) is 104 cm³/mol. The van der Waals surface area contributed by atoms with Gasteiger partial charge < -0.3 is 24.1 Å². The SMILES string of the molecule is CNCCOc1nc(C=NNc2cc(C)c(C)o2)cc(N2CCOCC2)n1. The van der Waals surface area contributed by atoms with Gasteiger partial charge in [0.25, 0.3) is 0 Å². The number of anilines is 2. The lowest BCUT2D eigenvalue weighted by Crippen LogP contribution is -2.37. The third-order valence-corrected chi connectivity index (χ3v) is 4.17. The Balaban J connectivity index is 1.74. The molecule has 0 spiro atoms. The summed E-state index contributed by atoms with van der Waals surface area (Å²) in [5, 5.41) is 7.26. The van der Waals surface area contributed by atoms with Crippen molar-refractivity contribution in [2.24, 2.45) is 5.10 Å². The second kappa shape index (κ2) is 9.33. The van der Waals surface area contributed by atoms with Gasteiger partial charge in [0.2, 0.25) is 5.88 Å². The third-order valence-electron chi connectivity index (χ3n) is 4.17. The third kappa shape index (κ3) is 5.41. The van der Waals surface area contributed by atoms with Crippen LogP contribution in [0.1, 0.15) is 17.0 Å². The van der Waals surface area contributed by atoms with E-state index in [1.54, 1.807) is 6.21 Å². The van der Waals surface area contributed by atoms with Crippen LogP contribution in [0.4, 0.5) is 11.7 Å². The average molecular weight is 374 g/mol. The zero-order valence-electron chi connectivity index (χ0n) is 16.0. The summed E-state index contributed by atoms with van der Waals surface area (Å²) in [4.78, 5) is 11.1. The van der Waals surface area contributed by atoms with E-state index < -0.39 is 0 Å². The van der Waals surface area contributed by atoms with E-state index in [0.29, 0.717) is 44.0 Å². The fourth-order valence-electron chi connectivity index (χ4n) is 2.55. The first-order valence-electron chi connectivity index (χ1n) is 9.01. The predicted octanol–water partition coefficient (Wildman–Crippen LogP) is 1.57. The van der Waals surface area contributed by atoms with E-state index >= 15 is 0 Å². The van der Waals surface area contributed by atoms with Crippen molar-refractivity contribution in [1.82, 2.24) is 15.3 Å². The molecular weight excluding hydrogens is 348 g/mol. The molecule has 1 aliphatic rings. The van der Waals surface area contributed by atoms with Crippen LogP contribution in [0.25, 0.3) is 0 Å². The zero-order chi connectivity index (χ0) is 19.1. The van der Waals surface area contributed by atoms with E-state index in [-0.39, 0.29) is 0 Å². The molecule has 2 N–H and O–H groups in total. The van der Waals surface area contributed by atoms with E-state index in [2.05, 4.69) is 30.7 Å². The molecule has 1 aliphatic heterocycles. The molecule has 0 aromatic carbocycles. The normalized spacial score (nSPS) is 14.7. The molecular formula is C18H26N6O3. The standard InChI is InChI=1S/C18H26N6O3/c1-13-10-17(27-14(13)2)23-20-12-15-11-16(24-5-8-25-9-6-24)22-18(21-15)26-7-4-19-3/h10-12,19,23H,4-9H2,1-3H3. The Kier molecular flexibility index (Phi) is 6.61. The molecule has 0 atom stereocenters. The molecule has 0 bridgehead atoms. The fourth-order valence-corrected chi connectivity index (χ4v) is 2.55. The lowest BCUT2D eigenvalue weighted by Gasteiger charge is -2.28. The smallest absolute Gasteiger partial charge is 0.319 e. The minimum absolute atomic E-state index is 0.334. The number of morpholine rings is 1. The minimum atomic E-state index is 0.334. The lowest BCUT2D eigenvalue weighted by molar-refractivity contribution is 0.122. The van der Waals surface area contributed by atoms with Gasteiger partial charge in [0, 0.05) is 31.8 Å². The number of rotatable bonds is 8. The van der Waals surface area contributed by atoms with Crippen molar-refractivity contribution >= 4 is 17.9 Å². The van der Waals surface area contributed by atoms with Crippen molar-refractivity contribution in [2.75, 3.05) is 56.8 Å². The molecule has 9 nitrogen and oxygen atoms in total. The summed E-state index contributed by atoms with van der Waals surface area (Å²) in [7, 11) is 1.87. The highest BCUT2D eigenvalue weighted by Crippen LogP contribution is 2.19. The first kappa shape index (κ1) is 19.1. The Hall–Kier alpha value is -2.65. The van der Waals surface area contributed by atoms with Crippen molar-refractivity contribution in [3.05, 3.63) is 29.2 Å². The molecule has 3 heterocycles. The molecule has 0 aliphatic carbocycles. The van der Waals surface area contributed by atoms with Gasteiger partial charge in [0.1, 0.15) is 18.2 Å². The summed E-state index contributed by atoms with van der Waals surface area (Å²) >= 11 is 0. The monoisotopic (exact) mass is 374 g/mol. The minimum Gasteiger partial charge on any atom is -0.462 e. The van der Waals surface area contributed by atoms with Crippen molar-refractivity contribution < 1.29 is 13.9 Å². The lowest BCUT2D eigenvalue weighted by atomic mass is 10.3. The molecule has 0 radical (unpaired) electrons. The van der Waals surface area contributed by atoms with Gasteiger partial charge in [-0.05, 0) is 26.5 Å². The maximum Gasteiger partial charge on any atom is 0.319 e. The molecule has 0 amide bonds. The highest BCUT2D eigenvalue weighted by Gasteiger charge is 2.15. The fraction of sp³-hybridized carbons (Fsp3) is 0.500. The number of aromatic nitrogens is 2. The highest BCUT2D eigenvalue weighted by atomic mass is 16.5. The molecule has 27 heavy (non-hydrogen) atoms. The number of nitrogens with zero attached hydrogens (tertiary/aromatic N) is 4. The Labute approximate surface area is 158 Å². The van der Waals surface area contributed by atoms with E-state index in [0.717, 1.165) is 30.2 Å². The van der Waals surface area contributed by atoms with Crippen molar-refractivity contribution in [3.63, 3.8) is 0 Å². The number of ether oxygens (including phenoxy) is 2. The van der Waals surface area contributed by atoms with Gasteiger partial charge >= 0.3 is 6.01 Å². The van der Waals surface area contributed by atoms with Gasteiger partial charge in [0.15, 0.2) is 0 Å². The largest absolute Gasteiger partial charge is 0.462 e.